The molecule has 2 N–H and O–H groups in total. The molecule has 10 heteroatoms. The van der Waals surface area contributed by atoms with Crippen LogP contribution in [0.3, 0.4) is 0 Å². The number of aromatic nitrogens is 3. The molecule has 4 heterocycles. The number of halogens is 1. The number of fused-ring (bicyclic) bond motifs is 3. The van der Waals surface area contributed by atoms with Gasteiger partial charge in [0.25, 0.3) is 5.56 Å². The lowest BCUT2D eigenvalue weighted by molar-refractivity contribution is 0.329. The van der Waals surface area contributed by atoms with Crippen LogP contribution in [0.25, 0.3) is 21.7 Å². The first-order valence-electron chi connectivity index (χ1n) is 11.1. The average Bonchev–Trinajstić information content (AvgIpc) is 2.84. The van der Waals surface area contributed by atoms with Crippen molar-refractivity contribution in [2.75, 3.05) is 24.7 Å². The van der Waals surface area contributed by atoms with E-state index in [-0.39, 0.29) is 11.6 Å². The van der Waals surface area contributed by atoms with E-state index < -0.39 is 10.0 Å². The number of hydrogen-bond donors (Lipinski definition) is 2. The number of sulfonamides is 1. The van der Waals surface area contributed by atoms with Crippen LogP contribution in [0, 0.1) is 11.8 Å². The Labute approximate surface area is 211 Å². The fraction of sp³-hybridized carbons (Fsp3) is 0.240. The monoisotopic (exact) mass is 551 g/mol. The number of pyridine rings is 3. The molecule has 3 aromatic heterocycles. The van der Waals surface area contributed by atoms with Crippen molar-refractivity contribution in [1.29, 1.82) is 0 Å². The number of nitrogens with zero attached hydrogens (tertiary/aromatic N) is 3. The molecule has 0 saturated carbocycles. The highest BCUT2D eigenvalue weighted by atomic mass is 79.9. The van der Waals surface area contributed by atoms with Gasteiger partial charge in [0, 0.05) is 58.5 Å². The molecule has 8 nitrogen and oxygen atoms in total. The number of benzene rings is 1. The highest BCUT2D eigenvalue weighted by molar-refractivity contribution is 9.10. The van der Waals surface area contributed by atoms with Gasteiger partial charge in [-0.15, -0.1) is 0 Å². The van der Waals surface area contributed by atoms with Gasteiger partial charge in [0.1, 0.15) is 5.82 Å². The third-order valence-corrected chi connectivity index (χ3v) is 7.78. The summed E-state index contributed by atoms with van der Waals surface area (Å²) in [6, 6.07) is 9.20. The minimum Gasteiger partial charge on any atom is -0.365 e. The lowest BCUT2D eigenvalue weighted by atomic mass is 10.0. The summed E-state index contributed by atoms with van der Waals surface area (Å²) >= 11 is 3.52. The molecule has 5 rings (SSSR count). The van der Waals surface area contributed by atoms with Crippen LogP contribution in [-0.2, 0) is 10.0 Å². The Bertz CT molecular complexity index is 1660. The van der Waals surface area contributed by atoms with Crippen molar-refractivity contribution < 1.29 is 8.42 Å². The van der Waals surface area contributed by atoms with Crippen molar-refractivity contribution in [2.45, 2.75) is 18.9 Å². The molecule has 1 atom stereocenters. The molecule has 1 aliphatic rings. The number of rotatable bonds is 3. The Morgan fingerprint density at radius 2 is 1.97 bits per heavy atom. The van der Waals surface area contributed by atoms with E-state index in [9.17, 15) is 13.2 Å². The van der Waals surface area contributed by atoms with Crippen molar-refractivity contribution in [2.24, 2.45) is 0 Å². The van der Waals surface area contributed by atoms with Crippen LogP contribution in [0.15, 0.2) is 58.2 Å². The summed E-state index contributed by atoms with van der Waals surface area (Å²) in [5, 5.41) is 5.42. The first-order chi connectivity index (χ1) is 16.8. The molecule has 4 aromatic rings. The van der Waals surface area contributed by atoms with Gasteiger partial charge in [0.2, 0.25) is 10.0 Å². The molecule has 35 heavy (non-hydrogen) atoms. The molecule has 0 bridgehead atoms. The van der Waals surface area contributed by atoms with E-state index in [1.54, 1.807) is 18.6 Å². The number of H-pyrrole nitrogens is 1. The van der Waals surface area contributed by atoms with E-state index in [1.807, 2.05) is 30.3 Å². The summed E-state index contributed by atoms with van der Waals surface area (Å²) in [6.07, 6.45) is 7.72. The van der Waals surface area contributed by atoms with Crippen molar-refractivity contribution in [3.8, 4) is 11.8 Å². The first kappa shape index (κ1) is 23.5. The number of anilines is 1. The van der Waals surface area contributed by atoms with Crippen molar-refractivity contribution in [1.82, 2.24) is 19.3 Å². The Morgan fingerprint density at radius 3 is 2.74 bits per heavy atom. The molecule has 0 spiro atoms. The summed E-state index contributed by atoms with van der Waals surface area (Å²) in [7, 11) is -3.28. The fourth-order valence-electron chi connectivity index (χ4n) is 4.32. The largest absolute Gasteiger partial charge is 0.365 e. The Morgan fingerprint density at radius 1 is 1.17 bits per heavy atom. The average molecular weight is 552 g/mol. The zero-order valence-corrected chi connectivity index (χ0v) is 21.3. The van der Waals surface area contributed by atoms with E-state index in [2.05, 4.69) is 43.1 Å². The Hall–Kier alpha value is -3.26. The molecule has 0 radical (unpaired) electrons. The zero-order valence-electron chi connectivity index (χ0n) is 18.9. The topological polar surface area (TPSA) is 108 Å². The van der Waals surface area contributed by atoms with Gasteiger partial charge in [-0.3, -0.25) is 9.78 Å². The normalized spacial score (nSPS) is 16.7. The van der Waals surface area contributed by atoms with E-state index in [0.29, 0.717) is 35.4 Å². The maximum absolute atomic E-state index is 12.9. The van der Waals surface area contributed by atoms with Crippen LogP contribution in [0.2, 0.25) is 0 Å². The van der Waals surface area contributed by atoms with E-state index in [0.717, 1.165) is 33.7 Å². The molecular formula is C25H22BrN5O3S. The van der Waals surface area contributed by atoms with Gasteiger partial charge in [-0.05, 0) is 43.2 Å². The number of hydrogen-bond acceptors (Lipinski definition) is 6. The van der Waals surface area contributed by atoms with Crippen LogP contribution in [0.5, 0.6) is 0 Å². The lowest BCUT2D eigenvalue weighted by Crippen LogP contribution is -2.44. The summed E-state index contributed by atoms with van der Waals surface area (Å²) in [4.78, 5) is 24.6. The Balaban J connectivity index is 1.66. The molecule has 178 valence electrons. The summed E-state index contributed by atoms with van der Waals surface area (Å²) in [5.74, 6) is 6.83. The smallest absolute Gasteiger partial charge is 0.258 e. The second-order valence-electron chi connectivity index (χ2n) is 8.50. The third kappa shape index (κ3) is 4.93. The van der Waals surface area contributed by atoms with E-state index in [1.165, 1.54) is 10.6 Å². The first-order valence-corrected chi connectivity index (χ1v) is 13.7. The zero-order chi connectivity index (χ0) is 24.6. The van der Waals surface area contributed by atoms with Crippen LogP contribution in [0.4, 0.5) is 5.82 Å². The minimum absolute atomic E-state index is 0.108. The van der Waals surface area contributed by atoms with Gasteiger partial charge in [0.05, 0.1) is 22.7 Å². The van der Waals surface area contributed by atoms with Gasteiger partial charge < -0.3 is 10.3 Å². The SMILES string of the molecule is CS(=O)(=O)N1CCC[C@H](Nc2nc3c(C#Cc4ccncc4)c[nH]c(=O)c3c3cc(Br)ccc23)C1. The molecule has 1 aliphatic heterocycles. The number of aromatic amines is 1. The number of nitrogens with one attached hydrogen (secondary N) is 2. The minimum atomic E-state index is -3.28. The maximum atomic E-state index is 12.9. The molecule has 1 aromatic carbocycles. The van der Waals surface area contributed by atoms with Crippen molar-refractivity contribution >= 4 is 53.4 Å². The van der Waals surface area contributed by atoms with Crippen LogP contribution in [0.1, 0.15) is 24.0 Å². The summed E-state index contributed by atoms with van der Waals surface area (Å²) < 4.78 is 26.5. The third-order valence-electron chi connectivity index (χ3n) is 6.01. The predicted molar refractivity (Wildman–Crippen MR) is 141 cm³/mol. The predicted octanol–water partition coefficient (Wildman–Crippen LogP) is 3.47. The van der Waals surface area contributed by atoms with Crippen LogP contribution in [-0.4, -0.2) is 53.1 Å². The standard InChI is InChI=1S/C25H22BrN5O3S/c1-35(33,34)31-12-2-3-19(15-31)29-24-20-7-6-18(26)13-21(20)22-23(30-24)17(14-28-25(22)32)5-4-16-8-10-27-11-9-16/h6-11,13-14,19H,2-3,12,15H2,1H3,(H,28,32)(H,29,30)/t19-/m0/s1. The van der Waals surface area contributed by atoms with Gasteiger partial charge in [-0.2, -0.15) is 0 Å². The lowest BCUT2D eigenvalue weighted by Gasteiger charge is -2.32. The molecular weight excluding hydrogens is 530 g/mol. The second-order valence-corrected chi connectivity index (χ2v) is 11.4. The van der Waals surface area contributed by atoms with Crippen LogP contribution >= 0.6 is 15.9 Å². The quantitative estimate of drug-likeness (QED) is 0.298. The molecule has 1 fully saturated rings. The number of piperidine rings is 1. The van der Waals surface area contributed by atoms with Gasteiger partial charge in [-0.25, -0.2) is 17.7 Å². The van der Waals surface area contributed by atoms with Crippen molar-refractivity contribution in [3.05, 3.63) is 74.9 Å². The van der Waals surface area contributed by atoms with Crippen LogP contribution < -0.4 is 10.9 Å². The molecule has 0 aliphatic carbocycles. The fourth-order valence-corrected chi connectivity index (χ4v) is 5.60. The van der Waals surface area contributed by atoms with Gasteiger partial charge in [-0.1, -0.05) is 27.8 Å². The summed E-state index contributed by atoms with van der Waals surface area (Å²) in [6.45, 7) is 0.876. The highest BCUT2D eigenvalue weighted by Gasteiger charge is 2.27. The van der Waals surface area contributed by atoms with E-state index >= 15 is 0 Å². The Kier molecular flexibility index (Phi) is 6.32. The highest BCUT2D eigenvalue weighted by Crippen LogP contribution is 2.32. The van der Waals surface area contributed by atoms with Gasteiger partial charge in [0.15, 0.2) is 0 Å². The molecule has 0 amide bonds. The second kappa shape index (κ2) is 9.41. The van der Waals surface area contributed by atoms with Gasteiger partial charge >= 0.3 is 0 Å². The van der Waals surface area contributed by atoms with Crippen molar-refractivity contribution in [3.63, 3.8) is 0 Å². The maximum Gasteiger partial charge on any atom is 0.258 e. The summed E-state index contributed by atoms with van der Waals surface area (Å²) in [5.41, 5.74) is 1.61. The molecule has 1 saturated heterocycles. The van der Waals surface area contributed by atoms with E-state index in [4.69, 9.17) is 4.98 Å². The molecule has 0 unspecified atom stereocenters.